The quantitative estimate of drug-likeness (QED) is 0.488. The summed E-state index contributed by atoms with van der Waals surface area (Å²) in [5.74, 6) is -0.0186. The van der Waals surface area contributed by atoms with Crippen LogP contribution in [-0.2, 0) is 14.0 Å². The number of pyridine rings is 1. The number of hydrogen-bond donors (Lipinski definition) is 0. The lowest BCUT2D eigenvalue weighted by molar-refractivity contribution is 0.00578. The van der Waals surface area contributed by atoms with E-state index in [1.165, 1.54) is 11.8 Å². The molecule has 2 aromatic heterocycles. The third-order valence-electron chi connectivity index (χ3n) is 5.66. The smallest absolute Gasteiger partial charge is 0.465 e. The van der Waals surface area contributed by atoms with Crippen molar-refractivity contribution >= 4 is 29.5 Å². The second-order valence-corrected chi connectivity index (χ2v) is 8.15. The molecule has 0 bridgehead atoms. The zero-order valence-corrected chi connectivity index (χ0v) is 17.5. The minimum absolute atomic E-state index is 0.276. The molecule has 30 heavy (non-hydrogen) atoms. The number of carbonyl (C=O) groups is 1. The molecule has 0 atom stereocenters. The molecule has 4 rings (SSSR count). The topological polar surface area (TPSA) is 99.3 Å². The van der Waals surface area contributed by atoms with Gasteiger partial charge in [0, 0.05) is 11.6 Å². The van der Waals surface area contributed by atoms with Crippen LogP contribution in [0.25, 0.3) is 16.7 Å². The molecule has 3 aromatic rings. The van der Waals surface area contributed by atoms with Gasteiger partial charge in [0.25, 0.3) is 0 Å². The lowest BCUT2D eigenvalue weighted by atomic mass is 9.78. The summed E-state index contributed by atoms with van der Waals surface area (Å²) in [6.45, 7) is 7.87. The largest absolute Gasteiger partial charge is 0.494 e. The van der Waals surface area contributed by atoms with Crippen LogP contribution in [0, 0.1) is 11.3 Å². The first-order valence-electron chi connectivity index (χ1n) is 9.50. The SMILES string of the molecule is COC(=O)c1cc(B2OC(C)(C)C(C)(C)O2)cc2nn(-c3cccc(C#N)n3)cc12. The van der Waals surface area contributed by atoms with Gasteiger partial charge in [-0.05, 0) is 57.4 Å². The Bertz CT molecular complexity index is 1180. The Labute approximate surface area is 174 Å². The van der Waals surface area contributed by atoms with Crippen molar-refractivity contribution in [2.24, 2.45) is 0 Å². The summed E-state index contributed by atoms with van der Waals surface area (Å²) in [6.07, 6.45) is 1.69. The van der Waals surface area contributed by atoms with Gasteiger partial charge in [-0.15, -0.1) is 0 Å². The van der Waals surface area contributed by atoms with Crippen LogP contribution in [0.3, 0.4) is 0 Å². The molecule has 3 heterocycles. The third-order valence-corrected chi connectivity index (χ3v) is 5.66. The van der Waals surface area contributed by atoms with Crippen LogP contribution in [0.5, 0.6) is 0 Å². The second-order valence-electron chi connectivity index (χ2n) is 8.15. The van der Waals surface area contributed by atoms with E-state index < -0.39 is 24.3 Å². The van der Waals surface area contributed by atoms with Gasteiger partial charge in [0.15, 0.2) is 5.82 Å². The van der Waals surface area contributed by atoms with Crippen molar-refractivity contribution < 1.29 is 18.8 Å². The van der Waals surface area contributed by atoms with Gasteiger partial charge in [-0.3, -0.25) is 0 Å². The van der Waals surface area contributed by atoms with Crippen LogP contribution in [0.4, 0.5) is 0 Å². The molecule has 1 fully saturated rings. The fourth-order valence-electron chi connectivity index (χ4n) is 3.27. The molecule has 1 aliphatic rings. The van der Waals surface area contributed by atoms with Crippen LogP contribution in [0.15, 0.2) is 36.5 Å². The number of methoxy groups -OCH3 is 1. The molecule has 0 saturated carbocycles. The lowest BCUT2D eigenvalue weighted by Crippen LogP contribution is -2.41. The van der Waals surface area contributed by atoms with Gasteiger partial charge in [-0.25, -0.2) is 14.5 Å². The molecule has 0 N–H and O–H groups in total. The first kappa shape index (κ1) is 20.1. The van der Waals surface area contributed by atoms with E-state index in [-0.39, 0.29) is 5.69 Å². The van der Waals surface area contributed by atoms with Gasteiger partial charge in [0.05, 0.1) is 29.4 Å². The van der Waals surface area contributed by atoms with Gasteiger partial charge in [-0.1, -0.05) is 6.07 Å². The van der Waals surface area contributed by atoms with Crippen LogP contribution in [0.1, 0.15) is 43.7 Å². The first-order chi connectivity index (χ1) is 14.1. The molecule has 0 amide bonds. The average Bonchev–Trinajstić information content (AvgIpc) is 3.24. The molecule has 0 unspecified atom stereocenters. The summed E-state index contributed by atoms with van der Waals surface area (Å²) in [6, 6.07) is 10.6. The van der Waals surface area contributed by atoms with Gasteiger partial charge in [0.1, 0.15) is 11.8 Å². The van der Waals surface area contributed by atoms with E-state index in [0.717, 1.165) is 0 Å². The van der Waals surface area contributed by atoms with Crippen LogP contribution in [-0.4, -0.2) is 46.2 Å². The molecular formula is C21H21BN4O4. The number of rotatable bonds is 3. The Morgan fingerprint density at radius 1 is 1.20 bits per heavy atom. The third kappa shape index (κ3) is 3.24. The zero-order valence-electron chi connectivity index (χ0n) is 17.5. The summed E-state index contributed by atoms with van der Waals surface area (Å²) in [5, 5.41) is 14.3. The summed E-state index contributed by atoms with van der Waals surface area (Å²) in [5.41, 5.74) is 0.830. The van der Waals surface area contributed by atoms with E-state index in [1.807, 2.05) is 39.8 Å². The minimum atomic E-state index is -0.645. The van der Waals surface area contributed by atoms with E-state index in [0.29, 0.717) is 27.7 Å². The number of ether oxygens (including phenoxy) is 1. The molecule has 1 aromatic carbocycles. The second kappa shape index (κ2) is 6.94. The summed E-state index contributed by atoms with van der Waals surface area (Å²) < 4.78 is 18.8. The van der Waals surface area contributed by atoms with Crippen molar-refractivity contribution in [3.8, 4) is 11.9 Å². The van der Waals surface area contributed by atoms with Crippen molar-refractivity contribution in [1.29, 1.82) is 5.26 Å². The predicted octanol–water partition coefficient (Wildman–Crippen LogP) is 2.38. The molecule has 0 radical (unpaired) electrons. The highest BCUT2D eigenvalue weighted by atomic mass is 16.7. The van der Waals surface area contributed by atoms with Crippen molar-refractivity contribution in [1.82, 2.24) is 14.8 Å². The number of carbonyl (C=O) groups excluding carboxylic acids is 1. The Kier molecular flexibility index (Phi) is 4.64. The number of benzene rings is 1. The Morgan fingerprint density at radius 3 is 2.53 bits per heavy atom. The Balaban J connectivity index is 1.85. The molecule has 0 aliphatic carbocycles. The maximum Gasteiger partial charge on any atom is 0.494 e. The maximum absolute atomic E-state index is 12.5. The van der Waals surface area contributed by atoms with E-state index >= 15 is 0 Å². The Hall–Kier alpha value is -3.22. The first-order valence-corrected chi connectivity index (χ1v) is 9.50. The molecule has 8 nitrogen and oxygen atoms in total. The number of nitriles is 1. The normalized spacial score (nSPS) is 17.1. The summed E-state index contributed by atoms with van der Waals surface area (Å²) in [4.78, 5) is 16.8. The van der Waals surface area contributed by atoms with Crippen LogP contribution >= 0.6 is 0 Å². The van der Waals surface area contributed by atoms with E-state index in [4.69, 9.17) is 19.3 Å². The van der Waals surface area contributed by atoms with Gasteiger partial charge in [0.2, 0.25) is 0 Å². The fourth-order valence-corrected chi connectivity index (χ4v) is 3.27. The van der Waals surface area contributed by atoms with Gasteiger partial charge < -0.3 is 14.0 Å². The number of esters is 1. The lowest BCUT2D eigenvalue weighted by Gasteiger charge is -2.32. The molecular weight excluding hydrogens is 383 g/mol. The number of fused-ring (bicyclic) bond motifs is 1. The number of nitrogens with zero attached hydrogens (tertiary/aromatic N) is 4. The minimum Gasteiger partial charge on any atom is -0.465 e. The molecule has 1 saturated heterocycles. The predicted molar refractivity (Wildman–Crippen MR) is 111 cm³/mol. The van der Waals surface area contributed by atoms with Crippen molar-refractivity contribution in [2.75, 3.05) is 7.11 Å². The standard InChI is InChI=1S/C21H21BN4O4/c1-20(2)21(3,4)30-22(29-20)13-9-15(19(27)28-5)16-12-26(25-17(16)10-13)18-8-6-7-14(11-23)24-18/h6-10,12H,1-5H3. The highest BCUT2D eigenvalue weighted by Gasteiger charge is 2.52. The van der Waals surface area contributed by atoms with E-state index in [2.05, 4.69) is 10.1 Å². The van der Waals surface area contributed by atoms with E-state index in [9.17, 15) is 4.79 Å². The molecule has 9 heteroatoms. The Morgan fingerprint density at radius 2 is 1.90 bits per heavy atom. The maximum atomic E-state index is 12.5. The van der Waals surface area contributed by atoms with Crippen molar-refractivity contribution in [3.05, 3.63) is 47.8 Å². The average molecular weight is 404 g/mol. The summed E-state index contributed by atoms with van der Waals surface area (Å²) in [7, 11) is 0.686. The van der Waals surface area contributed by atoms with Crippen LogP contribution < -0.4 is 5.46 Å². The fraction of sp³-hybridized carbons (Fsp3) is 0.333. The van der Waals surface area contributed by atoms with Gasteiger partial charge >= 0.3 is 13.1 Å². The summed E-state index contributed by atoms with van der Waals surface area (Å²) >= 11 is 0. The zero-order chi connectivity index (χ0) is 21.7. The van der Waals surface area contributed by atoms with Gasteiger partial charge in [-0.2, -0.15) is 10.4 Å². The highest BCUT2D eigenvalue weighted by molar-refractivity contribution is 6.62. The monoisotopic (exact) mass is 404 g/mol. The van der Waals surface area contributed by atoms with Crippen LogP contribution in [0.2, 0.25) is 0 Å². The van der Waals surface area contributed by atoms with E-state index in [1.54, 1.807) is 30.5 Å². The highest BCUT2D eigenvalue weighted by Crippen LogP contribution is 2.36. The van der Waals surface area contributed by atoms with Crippen molar-refractivity contribution in [3.63, 3.8) is 0 Å². The molecule has 0 spiro atoms. The number of hydrogen-bond acceptors (Lipinski definition) is 7. The molecule has 1 aliphatic heterocycles. The molecule has 152 valence electrons. The van der Waals surface area contributed by atoms with Crippen molar-refractivity contribution in [2.45, 2.75) is 38.9 Å². The number of aromatic nitrogens is 3.